The fourth-order valence-electron chi connectivity index (χ4n) is 1.46. The molecular formula is C8H16N2O2. The molecule has 1 heterocycles. The summed E-state index contributed by atoms with van der Waals surface area (Å²) in [6, 6.07) is 0.0410. The highest BCUT2D eigenvalue weighted by molar-refractivity contribution is 5.75. The molecule has 1 saturated heterocycles. The van der Waals surface area contributed by atoms with Crippen molar-refractivity contribution >= 4 is 5.91 Å². The first-order chi connectivity index (χ1) is 5.66. The molecule has 1 aliphatic rings. The van der Waals surface area contributed by atoms with Crippen LogP contribution in [-0.4, -0.2) is 47.3 Å². The molecule has 1 unspecified atom stereocenters. The molecule has 0 aliphatic carbocycles. The van der Waals surface area contributed by atoms with Crippen molar-refractivity contribution in [2.75, 3.05) is 20.2 Å². The molecule has 0 saturated carbocycles. The van der Waals surface area contributed by atoms with E-state index in [1.54, 1.807) is 12.1 Å². The van der Waals surface area contributed by atoms with Gasteiger partial charge in [0, 0.05) is 26.1 Å². The summed E-state index contributed by atoms with van der Waals surface area (Å²) in [5, 5.41) is 12.4. The van der Waals surface area contributed by atoms with Crippen LogP contribution in [0.25, 0.3) is 0 Å². The minimum atomic E-state index is 0.0410. The van der Waals surface area contributed by atoms with Gasteiger partial charge in [-0.25, -0.2) is 5.01 Å². The molecule has 4 nitrogen and oxygen atoms in total. The zero-order valence-corrected chi connectivity index (χ0v) is 7.66. The van der Waals surface area contributed by atoms with Crippen molar-refractivity contribution in [1.82, 2.24) is 10.0 Å². The number of aliphatic hydroxyl groups is 1. The van der Waals surface area contributed by atoms with Crippen molar-refractivity contribution in [3.63, 3.8) is 0 Å². The number of nitrogens with zero attached hydrogens (tertiary/aromatic N) is 2. The van der Waals surface area contributed by atoms with Crippen LogP contribution in [0.15, 0.2) is 0 Å². The summed E-state index contributed by atoms with van der Waals surface area (Å²) in [6.45, 7) is 2.87. The zero-order chi connectivity index (χ0) is 9.14. The van der Waals surface area contributed by atoms with Gasteiger partial charge >= 0.3 is 0 Å². The normalized spacial score (nSPS) is 22.9. The SMILES string of the molecule is CC(CO)N1CCCC(=O)N1C. The Hall–Kier alpha value is -0.610. The first kappa shape index (κ1) is 9.48. The summed E-state index contributed by atoms with van der Waals surface area (Å²) < 4.78 is 0. The van der Waals surface area contributed by atoms with E-state index >= 15 is 0 Å². The average molecular weight is 172 g/mol. The number of hydrogen-bond donors (Lipinski definition) is 1. The predicted molar refractivity (Wildman–Crippen MR) is 45.3 cm³/mol. The van der Waals surface area contributed by atoms with Gasteiger partial charge in [-0.1, -0.05) is 0 Å². The maximum absolute atomic E-state index is 11.2. The van der Waals surface area contributed by atoms with Gasteiger partial charge in [-0.2, -0.15) is 0 Å². The zero-order valence-electron chi connectivity index (χ0n) is 7.66. The fraction of sp³-hybridized carbons (Fsp3) is 0.875. The molecule has 70 valence electrons. The molecule has 1 fully saturated rings. The highest BCUT2D eigenvalue weighted by Crippen LogP contribution is 2.12. The van der Waals surface area contributed by atoms with E-state index in [9.17, 15) is 4.79 Å². The summed E-state index contributed by atoms with van der Waals surface area (Å²) in [6.07, 6.45) is 1.53. The predicted octanol–water partition coefficient (Wildman–Crippen LogP) is -0.164. The maximum Gasteiger partial charge on any atom is 0.236 e. The molecule has 0 spiro atoms. The average Bonchev–Trinajstić information content (AvgIpc) is 2.08. The van der Waals surface area contributed by atoms with Crippen molar-refractivity contribution in [2.45, 2.75) is 25.8 Å². The Morgan fingerprint density at radius 1 is 1.67 bits per heavy atom. The lowest BCUT2D eigenvalue weighted by Crippen LogP contribution is -2.53. The monoisotopic (exact) mass is 172 g/mol. The fourth-order valence-corrected chi connectivity index (χ4v) is 1.46. The summed E-state index contributed by atoms with van der Waals surface area (Å²) in [4.78, 5) is 11.2. The van der Waals surface area contributed by atoms with Crippen LogP contribution in [0.1, 0.15) is 19.8 Å². The first-order valence-electron chi connectivity index (χ1n) is 4.30. The van der Waals surface area contributed by atoms with Crippen LogP contribution in [0.3, 0.4) is 0 Å². The molecule has 1 rings (SSSR count). The second kappa shape index (κ2) is 3.87. The summed E-state index contributed by atoms with van der Waals surface area (Å²) in [7, 11) is 1.76. The Balaban J connectivity index is 2.57. The minimum Gasteiger partial charge on any atom is -0.395 e. The van der Waals surface area contributed by atoms with E-state index in [1.807, 2.05) is 11.9 Å². The topological polar surface area (TPSA) is 43.8 Å². The Bertz CT molecular complexity index is 172. The van der Waals surface area contributed by atoms with Crippen LogP contribution in [0, 0.1) is 0 Å². The minimum absolute atomic E-state index is 0.0410. The summed E-state index contributed by atoms with van der Waals surface area (Å²) in [5.74, 6) is 0.140. The van der Waals surface area contributed by atoms with E-state index in [0.29, 0.717) is 6.42 Å². The van der Waals surface area contributed by atoms with Crippen molar-refractivity contribution in [3.8, 4) is 0 Å². The van der Waals surface area contributed by atoms with Gasteiger partial charge in [0.1, 0.15) is 0 Å². The van der Waals surface area contributed by atoms with E-state index in [2.05, 4.69) is 0 Å². The van der Waals surface area contributed by atoms with E-state index in [0.717, 1.165) is 13.0 Å². The number of rotatable bonds is 2. The number of amides is 1. The third-order valence-corrected chi connectivity index (χ3v) is 2.30. The molecule has 12 heavy (non-hydrogen) atoms. The number of hydrogen-bond acceptors (Lipinski definition) is 3. The quantitative estimate of drug-likeness (QED) is 0.629. The second-order valence-electron chi connectivity index (χ2n) is 3.22. The molecule has 1 N–H and O–H groups in total. The van der Waals surface area contributed by atoms with E-state index in [1.165, 1.54) is 0 Å². The third-order valence-electron chi connectivity index (χ3n) is 2.30. The Labute approximate surface area is 72.7 Å². The van der Waals surface area contributed by atoms with Gasteiger partial charge in [-0.3, -0.25) is 9.80 Å². The van der Waals surface area contributed by atoms with Gasteiger partial charge in [0.05, 0.1) is 6.61 Å². The highest BCUT2D eigenvalue weighted by atomic mass is 16.3. The van der Waals surface area contributed by atoms with E-state index in [-0.39, 0.29) is 18.6 Å². The molecule has 1 atom stereocenters. The molecule has 1 aliphatic heterocycles. The molecule has 1 amide bonds. The van der Waals surface area contributed by atoms with Gasteiger partial charge in [0.2, 0.25) is 5.91 Å². The van der Waals surface area contributed by atoms with Crippen LogP contribution in [-0.2, 0) is 4.79 Å². The lowest BCUT2D eigenvalue weighted by atomic mass is 10.2. The second-order valence-corrected chi connectivity index (χ2v) is 3.22. The smallest absolute Gasteiger partial charge is 0.236 e. The Kier molecular flexibility index (Phi) is 3.05. The number of carbonyl (C=O) groups is 1. The maximum atomic E-state index is 11.2. The largest absolute Gasteiger partial charge is 0.395 e. The Morgan fingerprint density at radius 2 is 2.33 bits per heavy atom. The highest BCUT2D eigenvalue weighted by Gasteiger charge is 2.25. The third kappa shape index (κ3) is 1.76. The van der Waals surface area contributed by atoms with E-state index in [4.69, 9.17) is 5.11 Å². The van der Waals surface area contributed by atoms with Gasteiger partial charge in [-0.05, 0) is 13.3 Å². The number of carbonyl (C=O) groups excluding carboxylic acids is 1. The molecule has 0 bridgehead atoms. The summed E-state index contributed by atoms with van der Waals surface area (Å²) >= 11 is 0. The van der Waals surface area contributed by atoms with Crippen LogP contribution in [0.2, 0.25) is 0 Å². The van der Waals surface area contributed by atoms with Crippen molar-refractivity contribution in [1.29, 1.82) is 0 Å². The van der Waals surface area contributed by atoms with Gasteiger partial charge < -0.3 is 5.11 Å². The van der Waals surface area contributed by atoms with Gasteiger partial charge in [-0.15, -0.1) is 0 Å². The van der Waals surface area contributed by atoms with Crippen LogP contribution in [0.4, 0.5) is 0 Å². The van der Waals surface area contributed by atoms with Crippen molar-refractivity contribution < 1.29 is 9.90 Å². The standard InChI is InChI=1S/C8H16N2O2/c1-7(6-11)10-5-3-4-8(12)9(10)2/h7,11H,3-6H2,1-2H3. The van der Waals surface area contributed by atoms with Crippen molar-refractivity contribution in [2.24, 2.45) is 0 Å². The number of aliphatic hydroxyl groups excluding tert-OH is 1. The van der Waals surface area contributed by atoms with Gasteiger partial charge in [0.15, 0.2) is 0 Å². The number of hydrazine groups is 1. The molecular weight excluding hydrogens is 156 g/mol. The lowest BCUT2D eigenvalue weighted by Gasteiger charge is -2.39. The molecule has 0 aromatic carbocycles. The molecule has 4 heteroatoms. The first-order valence-corrected chi connectivity index (χ1v) is 4.30. The Morgan fingerprint density at radius 3 is 2.92 bits per heavy atom. The van der Waals surface area contributed by atoms with Crippen LogP contribution < -0.4 is 0 Å². The molecule has 0 radical (unpaired) electrons. The van der Waals surface area contributed by atoms with Gasteiger partial charge in [0.25, 0.3) is 0 Å². The molecule has 0 aromatic heterocycles. The molecule has 0 aromatic rings. The van der Waals surface area contributed by atoms with E-state index < -0.39 is 0 Å². The van der Waals surface area contributed by atoms with Crippen molar-refractivity contribution in [3.05, 3.63) is 0 Å². The summed E-state index contributed by atoms with van der Waals surface area (Å²) in [5.41, 5.74) is 0. The van der Waals surface area contributed by atoms with Crippen LogP contribution >= 0.6 is 0 Å². The lowest BCUT2D eigenvalue weighted by molar-refractivity contribution is -0.157. The van der Waals surface area contributed by atoms with Crippen LogP contribution in [0.5, 0.6) is 0 Å².